The summed E-state index contributed by atoms with van der Waals surface area (Å²) in [5.74, 6) is 0. The van der Waals surface area contributed by atoms with Gasteiger partial charge in [0, 0.05) is 6.54 Å². The maximum atomic E-state index is 10.1. The fourth-order valence-electron chi connectivity index (χ4n) is 1.04. The number of hydrogen-bond acceptors (Lipinski definition) is 2. The molecule has 1 rings (SSSR count). The van der Waals surface area contributed by atoms with Crippen LogP contribution in [0.3, 0.4) is 0 Å². The van der Waals surface area contributed by atoms with Crippen molar-refractivity contribution in [2.24, 2.45) is 0 Å². The van der Waals surface area contributed by atoms with Gasteiger partial charge in [-0.3, -0.25) is 9.59 Å². The van der Waals surface area contributed by atoms with Gasteiger partial charge >= 0.3 is 0 Å². The Labute approximate surface area is 53.6 Å². The van der Waals surface area contributed by atoms with Gasteiger partial charge in [0.15, 0.2) is 0 Å². The molecule has 0 saturated carbocycles. The zero-order valence-electron chi connectivity index (χ0n) is 5.04. The van der Waals surface area contributed by atoms with E-state index < -0.39 is 0 Å². The Morgan fingerprint density at radius 1 is 1.67 bits per heavy atom. The largest absolute Gasteiger partial charge is 0.335 e. The van der Waals surface area contributed by atoms with Gasteiger partial charge in [0.1, 0.15) is 0 Å². The minimum atomic E-state index is -0.262. The van der Waals surface area contributed by atoms with Crippen molar-refractivity contribution in [1.82, 2.24) is 4.90 Å². The molecule has 1 radical (unpaired) electrons. The topological polar surface area (TPSA) is 37.4 Å². The van der Waals surface area contributed by atoms with Gasteiger partial charge in [-0.1, -0.05) is 0 Å². The highest BCUT2D eigenvalue weighted by Crippen LogP contribution is 2.11. The molecule has 0 N–H and O–H groups in total. The van der Waals surface area contributed by atoms with Crippen LogP contribution in [0.15, 0.2) is 0 Å². The molecule has 1 aliphatic rings. The van der Waals surface area contributed by atoms with E-state index in [0.29, 0.717) is 13.0 Å². The minimum Gasteiger partial charge on any atom is -0.335 e. The first-order valence-corrected chi connectivity index (χ1v) is 2.97. The van der Waals surface area contributed by atoms with Crippen LogP contribution in [0.2, 0.25) is 0 Å². The quantitative estimate of drug-likeness (QED) is 0.477. The molecule has 0 aromatic rings. The number of rotatable bonds is 2. The third kappa shape index (κ3) is 1.09. The number of nitrogens with zero attached hydrogens (tertiary/aromatic N) is 1. The Bertz CT molecular complexity index is 110. The van der Waals surface area contributed by atoms with Crippen LogP contribution in [0.1, 0.15) is 12.8 Å². The molecule has 1 heterocycles. The molecule has 0 aromatic carbocycles. The van der Waals surface area contributed by atoms with Gasteiger partial charge in [0.25, 0.3) is 0 Å². The summed E-state index contributed by atoms with van der Waals surface area (Å²) in [7, 11) is 0. The van der Waals surface area contributed by atoms with Crippen LogP contribution in [0.4, 0.5) is 0 Å². The van der Waals surface area contributed by atoms with Crippen molar-refractivity contribution < 1.29 is 9.59 Å². The van der Waals surface area contributed by atoms with Crippen LogP contribution in [-0.4, -0.2) is 30.2 Å². The number of carbonyl (C=O) groups is 1. The van der Waals surface area contributed by atoms with Gasteiger partial charge in [0.2, 0.25) is 12.7 Å². The van der Waals surface area contributed by atoms with E-state index in [2.05, 4.69) is 0 Å². The normalized spacial score (nSPS) is 26.2. The fourth-order valence-corrected chi connectivity index (χ4v) is 1.04. The average molecular weight is 126 g/mol. The van der Waals surface area contributed by atoms with Crippen molar-refractivity contribution in [3.8, 4) is 0 Å². The summed E-state index contributed by atoms with van der Waals surface area (Å²) in [6, 6.07) is -0.262. The third-order valence-corrected chi connectivity index (χ3v) is 1.57. The standard InChI is InChI=1S/C6H8NO2/c8-4-6-2-1-3-7(6)5-9/h5-6H,1-3H2/t6-/m0/s1. The molecule has 0 aromatic heterocycles. The van der Waals surface area contributed by atoms with Gasteiger partial charge in [0.05, 0.1) is 6.04 Å². The lowest BCUT2D eigenvalue weighted by Crippen LogP contribution is -2.28. The summed E-state index contributed by atoms with van der Waals surface area (Å²) in [6.45, 7) is 0.712. The highest BCUT2D eigenvalue weighted by molar-refractivity contribution is 5.65. The molecule has 0 aliphatic carbocycles. The Morgan fingerprint density at radius 3 is 2.89 bits per heavy atom. The molecule has 1 aliphatic heterocycles. The van der Waals surface area contributed by atoms with E-state index in [1.807, 2.05) is 6.29 Å². The molecule has 0 unspecified atom stereocenters. The maximum absolute atomic E-state index is 10.1. The number of amides is 1. The molecule has 1 atom stereocenters. The van der Waals surface area contributed by atoms with Crippen LogP contribution in [0.5, 0.6) is 0 Å². The van der Waals surface area contributed by atoms with Gasteiger partial charge < -0.3 is 4.90 Å². The Hall–Kier alpha value is -0.860. The molecular formula is C6H8NO2. The summed E-state index contributed by atoms with van der Waals surface area (Å²) < 4.78 is 0. The first-order chi connectivity index (χ1) is 4.38. The molecule has 3 nitrogen and oxygen atoms in total. The van der Waals surface area contributed by atoms with Gasteiger partial charge in [-0.05, 0) is 12.8 Å². The van der Waals surface area contributed by atoms with E-state index in [1.165, 1.54) is 4.90 Å². The molecule has 9 heavy (non-hydrogen) atoms. The van der Waals surface area contributed by atoms with Gasteiger partial charge in [-0.25, -0.2) is 0 Å². The summed E-state index contributed by atoms with van der Waals surface area (Å²) in [5, 5.41) is 0. The smallest absolute Gasteiger partial charge is 0.222 e. The Kier molecular flexibility index (Phi) is 1.82. The van der Waals surface area contributed by atoms with Crippen molar-refractivity contribution in [2.45, 2.75) is 18.9 Å². The zero-order chi connectivity index (χ0) is 6.69. The van der Waals surface area contributed by atoms with E-state index >= 15 is 0 Å². The van der Waals surface area contributed by atoms with Gasteiger partial charge in [-0.2, -0.15) is 0 Å². The number of hydrogen-bond donors (Lipinski definition) is 0. The lowest BCUT2D eigenvalue weighted by molar-refractivity contribution is -0.117. The van der Waals surface area contributed by atoms with Crippen molar-refractivity contribution in [3.05, 3.63) is 0 Å². The first kappa shape index (κ1) is 6.26. The van der Waals surface area contributed by atoms with Crippen molar-refractivity contribution >= 4 is 12.7 Å². The Balaban J connectivity index is 2.50. The number of likely N-dealkylation sites (tertiary alicyclic amines) is 1. The maximum Gasteiger partial charge on any atom is 0.222 e. The predicted molar refractivity (Wildman–Crippen MR) is 31.5 cm³/mol. The highest BCUT2D eigenvalue weighted by Gasteiger charge is 2.22. The van der Waals surface area contributed by atoms with Gasteiger partial charge in [-0.15, -0.1) is 0 Å². The van der Waals surface area contributed by atoms with Crippen LogP contribution < -0.4 is 0 Å². The molecule has 0 spiro atoms. The van der Waals surface area contributed by atoms with Crippen molar-refractivity contribution in [3.63, 3.8) is 0 Å². The molecule has 1 amide bonds. The number of carbonyl (C=O) groups excluding carboxylic acids is 2. The molecule has 1 saturated heterocycles. The zero-order valence-corrected chi connectivity index (χ0v) is 5.04. The van der Waals surface area contributed by atoms with Crippen LogP contribution >= 0.6 is 0 Å². The molecular weight excluding hydrogens is 118 g/mol. The van der Waals surface area contributed by atoms with Crippen LogP contribution in [0.25, 0.3) is 0 Å². The van der Waals surface area contributed by atoms with E-state index in [0.717, 1.165) is 12.8 Å². The van der Waals surface area contributed by atoms with E-state index in [-0.39, 0.29) is 6.04 Å². The van der Waals surface area contributed by atoms with E-state index in [9.17, 15) is 9.59 Å². The second-order valence-corrected chi connectivity index (χ2v) is 2.12. The summed E-state index contributed by atoms with van der Waals surface area (Å²) in [6.07, 6.45) is 4.23. The fraction of sp³-hybridized carbons (Fsp3) is 0.667. The van der Waals surface area contributed by atoms with Crippen LogP contribution in [-0.2, 0) is 9.59 Å². The summed E-state index contributed by atoms with van der Waals surface area (Å²) in [5.41, 5.74) is 0. The lowest BCUT2D eigenvalue weighted by Gasteiger charge is -2.11. The molecule has 3 heteroatoms. The van der Waals surface area contributed by atoms with E-state index in [4.69, 9.17) is 0 Å². The van der Waals surface area contributed by atoms with Crippen molar-refractivity contribution in [1.29, 1.82) is 0 Å². The first-order valence-electron chi connectivity index (χ1n) is 2.97. The SMILES string of the molecule is O=[C][C@@H]1CCCN1C=O. The molecule has 49 valence electrons. The average Bonchev–Trinajstić information content (AvgIpc) is 2.33. The summed E-state index contributed by atoms with van der Waals surface area (Å²) >= 11 is 0. The lowest BCUT2D eigenvalue weighted by atomic mass is 10.2. The predicted octanol–water partition coefficient (Wildman–Crippen LogP) is -0.283. The monoisotopic (exact) mass is 126 g/mol. The minimum absolute atomic E-state index is 0.262. The Morgan fingerprint density at radius 2 is 2.44 bits per heavy atom. The third-order valence-electron chi connectivity index (χ3n) is 1.57. The second-order valence-electron chi connectivity index (χ2n) is 2.12. The van der Waals surface area contributed by atoms with E-state index in [1.54, 1.807) is 0 Å². The van der Waals surface area contributed by atoms with Crippen molar-refractivity contribution in [2.75, 3.05) is 6.54 Å². The molecule has 0 bridgehead atoms. The van der Waals surface area contributed by atoms with Crippen LogP contribution in [0, 0.1) is 0 Å². The molecule has 1 fully saturated rings. The summed E-state index contributed by atoms with van der Waals surface area (Å²) in [4.78, 5) is 21.7. The second kappa shape index (κ2) is 2.62. The highest BCUT2D eigenvalue weighted by atomic mass is 16.1.